The van der Waals surface area contributed by atoms with E-state index in [2.05, 4.69) is 5.32 Å². The minimum atomic E-state index is -3.01. The Bertz CT molecular complexity index is 356. The van der Waals surface area contributed by atoms with E-state index in [0.29, 0.717) is 5.92 Å². The molecule has 2 fully saturated rings. The van der Waals surface area contributed by atoms with Crippen LogP contribution >= 0.6 is 0 Å². The number of nitrogens with zero attached hydrogens (tertiary/aromatic N) is 1. The molecule has 112 valence electrons. The van der Waals surface area contributed by atoms with Crippen molar-refractivity contribution < 1.29 is 8.42 Å². The van der Waals surface area contributed by atoms with E-state index in [-0.39, 0.29) is 5.25 Å². The van der Waals surface area contributed by atoms with Gasteiger partial charge in [-0.25, -0.2) is 12.7 Å². The fraction of sp³-hybridized carbons (Fsp3) is 1.00. The normalized spacial score (nSPS) is 24.7. The Kier molecular flexibility index (Phi) is 5.66. The molecule has 2 rings (SSSR count). The van der Waals surface area contributed by atoms with Gasteiger partial charge in [-0.3, -0.25) is 0 Å². The lowest BCUT2D eigenvalue weighted by Crippen LogP contribution is -2.44. The van der Waals surface area contributed by atoms with E-state index in [1.54, 1.807) is 4.31 Å². The highest BCUT2D eigenvalue weighted by Crippen LogP contribution is 2.29. The smallest absolute Gasteiger partial charge is 0.216 e. The molecule has 0 radical (unpaired) electrons. The third-order valence-electron chi connectivity index (χ3n) is 4.71. The lowest BCUT2D eigenvalue weighted by Gasteiger charge is -2.34. The summed E-state index contributed by atoms with van der Waals surface area (Å²) in [6, 6.07) is 0. The second kappa shape index (κ2) is 7.04. The third-order valence-corrected chi connectivity index (χ3v) is 7.11. The minimum Gasteiger partial charge on any atom is -0.320 e. The largest absolute Gasteiger partial charge is 0.320 e. The van der Waals surface area contributed by atoms with Crippen LogP contribution in [-0.4, -0.2) is 44.7 Å². The van der Waals surface area contributed by atoms with Gasteiger partial charge in [0, 0.05) is 13.1 Å². The Morgan fingerprint density at radius 2 is 1.68 bits per heavy atom. The van der Waals surface area contributed by atoms with Crippen molar-refractivity contribution in [2.45, 2.75) is 56.6 Å². The number of sulfonamides is 1. The summed E-state index contributed by atoms with van der Waals surface area (Å²) >= 11 is 0. The van der Waals surface area contributed by atoms with Crippen LogP contribution in [0.5, 0.6) is 0 Å². The molecule has 1 saturated heterocycles. The van der Waals surface area contributed by atoms with Crippen molar-refractivity contribution >= 4 is 10.0 Å². The summed E-state index contributed by atoms with van der Waals surface area (Å²) in [7, 11) is -1.04. The monoisotopic (exact) mass is 288 g/mol. The Balaban J connectivity index is 1.85. The fourth-order valence-electron chi connectivity index (χ4n) is 3.37. The molecule has 1 aliphatic heterocycles. The zero-order valence-electron chi connectivity index (χ0n) is 12.1. The van der Waals surface area contributed by atoms with Crippen LogP contribution < -0.4 is 5.32 Å². The highest BCUT2D eigenvalue weighted by Gasteiger charge is 2.34. The van der Waals surface area contributed by atoms with Gasteiger partial charge in [-0.15, -0.1) is 0 Å². The molecule has 0 atom stereocenters. The number of piperidine rings is 1. The highest BCUT2D eigenvalue weighted by atomic mass is 32.2. The highest BCUT2D eigenvalue weighted by molar-refractivity contribution is 7.89. The van der Waals surface area contributed by atoms with Gasteiger partial charge >= 0.3 is 0 Å². The molecule has 0 aromatic rings. The maximum absolute atomic E-state index is 12.6. The van der Waals surface area contributed by atoms with Gasteiger partial charge < -0.3 is 5.32 Å². The zero-order valence-corrected chi connectivity index (χ0v) is 12.9. The second-order valence-corrected chi connectivity index (χ2v) is 8.25. The average Bonchev–Trinajstić information content (AvgIpc) is 2.46. The first-order chi connectivity index (χ1) is 9.14. The van der Waals surface area contributed by atoms with E-state index in [0.717, 1.165) is 58.2 Å². The molecule has 1 N–H and O–H groups in total. The van der Waals surface area contributed by atoms with Crippen LogP contribution in [0, 0.1) is 5.92 Å². The van der Waals surface area contributed by atoms with Gasteiger partial charge in [0.1, 0.15) is 0 Å². The molecule has 0 aromatic heterocycles. The second-order valence-electron chi connectivity index (χ2n) is 6.04. The van der Waals surface area contributed by atoms with Gasteiger partial charge in [0.25, 0.3) is 0 Å². The predicted molar refractivity (Wildman–Crippen MR) is 78.6 cm³/mol. The van der Waals surface area contributed by atoms with Crippen molar-refractivity contribution in [1.29, 1.82) is 0 Å². The van der Waals surface area contributed by atoms with Crippen molar-refractivity contribution in [3.05, 3.63) is 0 Å². The number of rotatable bonds is 5. The molecule has 19 heavy (non-hydrogen) atoms. The van der Waals surface area contributed by atoms with Gasteiger partial charge in [0.15, 0.2) is 0 Å². The lowest BCUT2D eigenvalue weighted by atomic mass is 9.95. The number of hydrogen-bond donors (Lipinski definition) is 1. The van der Waals surface area contributed by atoms with E-state index >= 15 is 0 Å². The van der Waals surface area contributed by atoms with Crippen LogP contribution in [0.15, 0.2) is 0 Å². The van der Waals surface area contributed by atoms with Crippen LogP contribution in [0.4, 0.5) is 0 Å². The van der Waals surface area contributed by atoms with Crippen LogP contribution in [-0.2, 0) is 10.0 Å². The molecule has 1 saturated carbocycles. The molecular weight excluding hydrogens is 260 g/mol. The Morgan fingerprint density at radius 3 is 2.26 bits per heavy atom. The van der Waals surface area contributed by atoms with E-state index in [4.69, 9.17) is 0 Å². The molecule has 0 bridgehead atoms. The lowest BCUT2D eigenvalue weighted by molar-refractivity contribution is 0.259. The van der Waals surface area contributed by atoms with Crippen LogP contribution in [0.25, 0.3) is 0 Å². The number of hydrogen-bond acceptors (Lipinski definition) is 3. The van der Waals surface area contributed by atoms with Crippen molar-refractivity contribution in [3.8, 4) is 0 Å². The molecule has 2 aliphatic rings. The summed E-state index contributed by atoms with van der Waals surface area (Å²) in [5.74, 6) is 0.699. The van der Waals surface area contributed by atoms with Gasteiger partial charge in [0.05, 0.1) is 5.25 Å². The number of nitrogens with one attached hydrogen (secondary N) is 1. The van der Waals surface area contributed by atoms with Gasteiger partial charge in [0.2, 0.25) is 10.0 Å². The molecule has 1 heterocycles. The molecule has 0 unspecified atom stereocenters. The summed E-state index contributed by atoms with van der Waals surface area (Å²) in [5, 5.41) is 3.09. The van der Waals surface area contributed by atoms with Crippen LogP contribution in [0.3, 0.4) is 0 Å². The quantitative estimate of drug-likeness (QED) is 0.841. The summed E-state index contributed by atoms with van der Waals surface area (Å²) in [6.45, 7) is 2.53. The topological polar surface area (TPSA) is 49.4 Å². The van der Waals surface area contributed by atoms with Gasteiger partial charge in [-0.2, -0.15) is 0 Å². The Morgan fingerprint density at radius 1 is 1.05 bits per heavy atom. The average molecular weight is 288 g/mol. The summed E-state index contributed by atoms with van der Waals surface area (Å²) in [4.78, 5) is 0. The standard InChI is InChI=1S/C14H28N2O2S/c1-15-10-7-13-8-11-16(12-9-13)19(17,18)14-5-3-2-4-6-14/h13-15H,2-12H2,1H3. The van der Waals surface area contributed by atoms with Crippen LogP contribution in [0.1, 0.15) is 51.4 Å². The maximum Gasteiger partial charge on any atom is 0.216 e. The molecule has 5 heteroatoms. The zero-order chi connectivity index (χ0) is 13.7. The van der Waals surface area contributed by atoms with E-state index in [9.17, 15) is 8.42 Å². The molecule has 1 aliphatic carbocycles. The van der Waals surface area contributed by atoms with Gasteiger partial charge in [-0.05, 0) is 51.6 Å². The van der Waals surface area contributed by atoms with Crippen molar-refractivity contribution in [2.75, 3.05) is 26.7 Å². The SMILES string of the molecule is CNCCC1CCN(S(=O)(=O)C2CCCCC2)CC1. The predicted octanol–water partition coefficient (Wildman–Crippen LogP) is 1.97. The van der Waals surface area contributed by atoms with Crippen molar-refractivity contribution in [2.24, 2.45) is 5.92 Å². The first-order valence-electron chi connectivity index (χ1n) is 7.78. The molecule has 4 nitrogen and oxygen atoms in total. The third kappa shape index (κ3) is 3.92. The molecule has 0 aromatic carbocycles. The van der Waals surface area contributed by atoms with E-state index in [1.165, 1.54) is 12.8 Å². The van der Waals surface area contributed by atoms with E-state index < -0.39 is 10.0 Å². The Hall–Kier alpha value is -0.130. The molecule has 0 amide bonds. The Labute approximate surface area is 118 Å². The summed E-state index contributed by atoms with van der Waals surface area (Å²) in [5.41, 5.74) is 0. The van der Waals surface area contributed by atoms with Gasteiger partial charge in [-0.1, -0.05) is 19.3 Å². The van der Waals surface area contributed by atoms with Crippen molar-refractivity contribution in [3.63, 3.8) is 0 Å². The van der Waals surface area contributed by atoms with Crippen molar-refractivity contribution in [1.82, 2.24) is 9.62 Å². The first kappa shape index (κ1) is 15.3. The summed E-state index contributed by atoms with van der Waals surface area (Å²) < 4.78 is 26.9. The molecule has 0 spiro atoms. The fourth-order valence-corrected chi connectivity index (χ4v) is 5.45. The first-order valence-corrected chi connectivity index (χ1v) is 9.28. The minimum absolute atomic E-state index is 0.0879. The van der Waals surface area contributed by atoms with Crippen LogP contribution in [0.2, 0.25) is 0 Å². The molecular formula is C14H28N2O2S. The maximum atomic E-state index is 12.6. The summed E-state index contributed by atoms with van der Waals surface area (Å²) in [6.07, 6.45) is 8.38. The van der Waals surface area contributed by atoms with E-state index in [1.807, 2.05) is 7.05 Å².